The van der Waals surface area contributed by atoms with E-state index in [0.717, 1.165) is 30.0 Å². The molecule has 0 saturated carbocycles. The van der Waals surface area contributed by atoms with Gasteiger partial charge in [0.25, 0.3) is 5.91 Å². The third-order valence-corrected chi connectivity index (χ3v) is 7.44. The molecule has 1 N–H and O–H groups in total. The van der Waals surface area contributed by atoms with Gasteiger partial charge in [-0.05, 0) is 63.4 Å². The van der Waals surface area contributed by atoms with Crippen LogP contribution in [0.3, 0.4) is 0 Å². The van der Waals surface area contributed by atoms with Gasteiger partial charge in [-0.1, -0.05) is 39.8 Å². The number of thiol groups is 1. The fraction of sp³-hybridized carbons (Fsp3) is 0.577. The van der Waals surface area contributed by atoms with Gasteiger partial charge in [-0.2, -0.15) is 0 Å². The van der Waals surface area contributed by atoms with Crippen molar-refractivity contribution in [3.05, 3.63) is 45.9 Å². The van der Waals surface area contributed by atoms with Gasteiger partial charge >= 0.3 is 0 Å². The lowest BCUT2D eigenvalue weighted by Gasteiger charge is -2.30. The van der Waals surface area contributed by atoms with Gasteiger partial charge < -0.3 is 10.2 Å². The molecule has 0 saturated heterocycles. The number of Topliss-reactive ketones (excluding diaryl/α,β-unsaturated/α-hetero) is 1. The molecule has 1 heterocycles. The van der Waals surface area contributed by atoms with E-state index in [0.29, 0.717) is 41.4 Å². The molecule has 0 spiro atoms. The molecule has 0 aliphatic carbocycles. The van der Waals surface area contributed by atoms with E-state index in [9.17, 15) is 9.59 Å². The van der Waals surface area contributed by atoms with Gasteiger partial charge in [0.2, 0.25) is 0 Å². The maximum absolute atomic E-state index is 13.0. The number of rotatable bonds is 13. The van der Waals surface area contributed by atoms with Crippen molar-refractivity contribution in [2.75, 3.05) is 13.6 Å². The molecule has 0 bridgehead atoms. The molecule has 2 rings (SSSR count). The average Bonchev–Trinajstić information content (AvgIpc) is 3.25. The molecule has 0 radical (unpaired) electrons. The van der Waals surface area contributed by atoms with Crippen molar-refractivity contribution in [1.82, 2.24) is 15.2 Å². The van der Waals surface area contributed by atoms with Crippen LogP contribution in [0, 0.1) is 11.8 Å². The Kier molecular flexibility index (Phi) is 10.4. The standard InChI is InChI=1S/C26H39N3O2S2/c1-7-29(6)24(17(2)3)11-12-25-28-23(16-33-25)26(31)27-21(13-18(4)19(5)30)14-20-9-8-10-22(32)15-20/h8-10,15-18,21,24,32H,7,11-14H2,1-6H3,(H,27,31)/i10T. The Morgan fingerprint density at radius 1 is 1.33 bits per heavy atom. The number of benzene rings is 1. The summed E-state index contributed by atoms with van der Waals surface area (Å²) in [6.07, 6.45) is 2.96. The first-order valence-corrected chi connectivity index (χ1v) is 13.1. The number of hydrogen-bond donors (Lipinski definition) is 2. The van der Waals surface area contributed by atoms with Crippen molar-refractivity contribution in [3.63, 3.8) is 0 Å². The summed E-state index contributed by atoms with van der Waals surface area (Å²) in [5.74, 6) is 0.283. The average molecular weight is 492 g/mol. The summed E-state index contributed by atoms with van der Waals surface area (Å²) < 4.78 is 7.81. The van der Waals surface area contributed by atoms with Crippen LogP contribution in [0.1, 0.15) is 69.9 Å². The summed E-state index contributed by atoms with van der Waals surface area (Å²) in [6, 6.07) is 6.06. The van der Waals surface area contributed by atoms with Crippen LogP contribution in [0.15, 0.2) is 34.5 Å². The molecular formula is C26H39N3O2S2. The Balaban J connectivity index is 2.08. The monoisotopic (exact) mass is 491 g/mol. The predicted octanol–water partition coefficient (Wildman–Crippen LogP) is 5.30. The molecule has 3 atom stereocenters. The molecule has 0 aliphatic heterocycles. The van der Waals surface area contributed by atoms with Crippen LogP contribution in [0.5, 0.6) is 0 Å². The zero-order valence-corrected chi connectivity index (χ0v) is 22.4. The van der Waals surface area contributed by atoms with Crippen LogP contribution < -0.4 is 5.32 Å². The number of thiazole rings is 1. The molecule has 33 heavy (non-hydrogen) atoms. The molecule has 3 unspecified atom stereocenters. The number of aryl methyl sites for hydroxylation is 1. The lowest BCUT2D eigenvalue weighted by molar-refractivity contribution is -0.120. The van der Waals surface area contributed by atoms with E-state index in [-0.39, 0.29) is 23.7 Å². The van der Waals surface area contributed by atoms with Crippen molar-refractivity contribution < 1.29 is 11.0 Å². The second-order valence-electron chi connectivity index (χ2n) is 9.25. The number of hydrogen-bond acceptors (Lipinski definition) is 6. The van der Waals surface area contributed by atoms with E-state index in [1.54, 1.807) is 13.0 Å². The van der Waals surface area contributed by atoms with Gasteiger partial charge in [0, 0.05) is 34.7 Å². The fourth-order valence-electron chi connectivity index (χ4n) is 4.05. The maximum atomic E-state index is 13.0. The number of carbonyl (C=O) groups is 2. The normalized spacial score (nSPS) is 14.8. The van der Waals surface area contributed by atoms with Gasteiger partial charge in [0.05, 0.1) is 6.38 Å². The summed E-state index contributed by atoms with van der Waals surface area (Å²) >= 11 is 5.88. The zero-order chi connectivity index (χ0) is 25.4. The first-order chi connectivity index (χ1) is 16.0. The van der Waals surface area contributed by atoms with Crippen molar-refractivity contribution in [2.24, 2.45) is 11.8 Å². The Hall–Kier alpha value is -1.70. The minimum atomic E-state index is -0.218. The first kappa shape index (κ1) is 25.9. The van der Waals surface area contributed by atoms with E-state index in [1.165, 1.54) is 11.3 Å². The van der Waals surface area contributed by atoms with Crippen molar-refractivity contribution in [2.45, 2.75) is 77.3 Å². The van der Waals surface area contributed by atoms with Crippen LogP contribution in [-0.4, -0.2) is 47.3 Å². The van der Waals surface area contributed by atoms with E-state index < -0.39 is 0 Å². The van der Waals surface area contributed by atoms with E-state index in [2.05, 4.69) is 55.6 Å². The van der Waals surface area contributed by atoms with Gasteiger partial charge in [-0.3, -0.25) is 9.59 Å². The number of ketones is 1. The fourth-order valence-corrected chi connectivity index (χ4v) is 5.09. The lowest BCUT2D eigenvalue weighted by Crippen LogP contribution is -2.38. The van der Waals surface area contributed by atoms with Gasteiger partial charge in [0.15, 0.2) is 0 Å². The number of carbonyl (C=O) groups excluding carboxylic acids is 2. The van der Waals surface area contributed by atoms with Crippen LogP contribution in [0.25, 0.3) is 0 Å². The smallest absolute Gasteiger partial charge is 0.270 e. The molecule has 0 fully saturated rings. The quantitative estimate of drug-likeness (QED) is 0.373. The Morgan fingerprint density at radius 3 is 2.67 bits per heavy atom. The lowest BCUT2D eigenvalue weighted by atomic mass is 9.94. The van der Waals surface area contributed by atoms with Gasteiger partial charge in [-0.15, -0.1) is 24.0 Å². The van der Waals surface area contributed by atoms with Crippen molar-refractivity contribution in [1.29, 1.82) is 0 Å². The number of nitrogens with one attached hydrogen (secondary N) is 1. The van der Waals surface area contributed by atoms with Crippen molar-refractivity contribution >= 4 is 35.7 Å². The largest absolute Gasteiger partial charge is 0.348 e. The molecule has 1 amide bonds. The highest BCUT2D eigenvalue weighted by Crippen LogP contribution is 2.20. The van der Waals surface area contributed by atoms with E-state index in [4.69, 9.17) is 1.37 Å². The minimum Gasteiger partial charge on any atom is -0.348 e. The third kappa shape index (κ3) is 8.87. The second-order valence-corrected chi connectivity index (χ2v) is 10.7. The molecule has 0 aliphatic rings. The molecular weight excluding hydrogens is 450 g/mol. The van der Waals surface area contributed by atoms with Crippen LogP contribution in [-0.2, 0) is 17.6 Å². The molecule has 1 aromatic carbocycles. The zero-order valence-electron chi connectivity index (χ0n) is 21.7. The Labute approximate surface area is 210 Å². The summed E-state index contributed by atoms with van der Waals surface area (Å²) in [6.45, 7) is 11.1. The van der Waals surface area contributed by atoms with Crippen LogP contribution in [0.4, 0.5) is 0 Å². The molecule has 2 aromatic rings. The van der Waals surface area contributed by atoms with Gasteiger partial charge in [0.1, 0.15) is 11.5 Å². The molecule has 1 aromatic heterocycles. The van der Waals surface area contributed by atoms with E-state index in [1.807, 2.05) is 24.4 Å². The highest BCUT2D eigenvalue weighted by molar-refractivity contribution is 7.80. The minimum absolute atomic E-state index is 0.100. The van der Waals surface area contributed by atoms with Gasteiger partial charge in [-0.25, -0.2) is 4.98 Å². The molecule has 182 valence electrons. The van der Waals surface area contributed by atoms with Crippen LogP contribution in [0.2, 0.25) is 0 Å². The summed E-state index contributed by atoms with van der Waals surface area (Å²) in [4.78, 5) is 32.5. The first-order valence-electron chi connectivity index (χ1n) is 12.3. The summed E-state index contributed by atoms with van der Waals surface area (Å²) in [7, 11) is 2.15. The highest BCUT2D eigenvalue weighted by Gasteiger charge is 2.22. The number of aromatic nitrogens is 1. The predicted molar refractivity (Wildman–Crippen MR) is 140 cm³/mol. The van der Waals surface area contributed by atoms with E-state index >= 15 is 0 Å². The van der Waals surface area contributed by atoms with Crippen LogP contribution >= 0.6 is 24.0 Å². The molecule has 7 heteroatoms. The van der Waals surface area contributed by atoms with Crippen molar-refractivity contribution in [3.8, 4) is 0 Å². The summed E-state index contributed by atoms with van der Waals surface area (Å²) in [5, 5.41) is 5.89. The number of nitrogens with zero attached hydrogens (tertiary/aromatic N) is 2. The summed E-state index contributed by atoms with van der Waals surface area (Å²) in [5.41, 5.74) is 1.41. The maximum Gasteiger partial charge on any atom is 0.270 e. The Morgan fingerprint density at radius 2 is 2.06 bits per heavy atom. The SMILES string of the molecule is [3H]c1ccc(CC(CC(C)C(C)=O)NC(=O)c2csc(CCC(C(C)C)N(C)CC)n2)cc1S. The topological polar surface area (TPSA) is 62.3 Å². The number of amides is 1. The second kappa shape index (κ2) is 13.3. The third-order valence-electron chi connectivity index (χ3n) is 6.27. The molecule has 5 nitrogen and oxygen atoms in total. The highest BCUT2D eigenvalue weighted by atomic mass is 32.1. The Bertz CT molecular complexity index is 963.